The molecule has 102 valence electrons. The summed E-state index contributed by atoms with van der Waals surface area (Å²) in [7, 11) is 0. The molecular formula is C14H12IN3O2. The largest absolute Gasteiger partial charge is 0.383 e. The second-order valence-corrected chi connectivity index (χ2v) is 5.39. The molecule has 0 saturated carbocycles. The molecule has 2 N–H and O–H groups in total. The SMILES string of the molecule is NC(=NCc1ccccc1)c1cc(I)cc([N+](=O)[O-])c1. The number of hydrogen-bond donors (Lipinski definition) is 1. The van der Waals surface area contributed by atoms with Crippen LogP contribution in [0.1, 0.15) is 11.1 Å². The number of amidine groups is 1. The van der Waals surface area contributed by atoms with Crippen LogP contribution in [0, 0.1) is 13.7 Å². The molecule has 0 aliphatic rings. The predicted molar refractivity (Wildman–Crippen MR) is 86.7 cm³/mol. The third-order valence-corrected chi connectivity index (χ3v) is 3.29. The average Bonchev–Trinajstić information content (AvgIpc) is 2.45. The van der Waals surface area contributed by atoms with Gasteiger partial charge in [0.25, 0.3) is 5.69 Å². The number of nitrogens with two attached hydrogens (primary N) is 1. The van der Waals surface area contributed by atoms with E-state index >= 15 is 0 Å². The van der Waals surface area contributed by atoms with Crippen molar-refractivity contribution in [3.05, 3.63) is 73.3 Å². The van der Waals surface area contributed by atoms with E-state index < -0.39 is 4.92 Å². The van der Waals surface area contributed by atoms with E-state index in [4.69, 9.17) is 5.73 Å². The maximum atomic E-state index is 10.8. The van der Waals surface area contributed by atoms with Gasteiger partial charge in [-0.3, -0.25) is 15.1 Å². The molecule has 0 spiro atoms. The van der Waals surface area contributed by atoms with Gasteiger partial charge in [-0.2, -0.15) is 0 Å². The molecule has 0 fully saturated rings. The maximum absolute atomic E-state index is 10.8. The van der Waals surface area contributed by atoms with Gasteiger partial charge in [0, 0.05) is 21.3 Å². The highest BCUT2D eigenvalue weighted by Gasteiger charge is 2.10. The van der Waals surface area contributed by atoms with E-state index in [2.05, 4.69) is 4.99 Å². The zero-order valence-corrected chi connectivity index (χ0v) is 12.6. The first kappa shape index (κ1) is 14.4. The fourth-order valence-electron chi connectivity index (χ4n) is 1.68. The zero-order chi connectivity index (χ0) is 14.5. The smallest absolute Gasteiger partial charge is 0.271 e. The minimum absolute atomic E-state index is 0.0183. The van der Waals surface area contributed by atoms with Crippen LogP contribution in [0.5, 0.6) is 0 Å². The fraction of sp³-hybridized carbons (Fsp3) is 0.0714. The Morgan fingerprint density at radius 1 is 1.25 bits per heavy atom. The average molecular weight is 381 g/mol. The van der Waals surface area contributed by atoms with Crippen LogP contribution in [0.4, 0.5) is 5.69 Å². The molecule has 2 aromatic rings. The zero-order valence-electron chi connectivity index (χ0n) is 10.5. The summed E-state index contributed by atoms with van der Waals surface area (Å²) in [4.78, 5) is 14.7. The van der Waals surface area contributed by atoms with Crippen molar-refractivity contribution in [3.63, 3.8) is 0 Å². The van der Waals surface area contributed by atoms with Crippen LogP contribution in [-0.2, 0) is 6.54 Å². The quantitative estimate of drug-likeness (QED) is 0.291. The molecule has 2 aromatic carbocycles. The van der Waals surface area contributed by atoms with E-state index in [0.29, 0.717) is 17.9 Å². The molecule has 0 aromatic heterocycles. The first-order valence-electron chi connectivity index (χ1n) is 5.85. The Labute approximate surface area is 129 Å². The van der Waals surface area contributed by atoms with Gasteiger partial charge < -0.3 is 5.73 Å². The highest BCUT2D eigenvalue weighted by atomic mass is 127. The van der Waals surface area contributed by atoms with Crippen molar-refractivity contribution in [1.82, 2.24) is 0 Å². The number of nitro benzene ring substituents is 1. The van der Waals surface area contributed by atoms with Crippen molar-refractivity contribution >= 4 is 34.1 Å². The van der Waals surface area contributed by atoms with Gasteiger partial charge in [-0.15, -0.1) is 0 Å². The molecule has 20 heavy (non-hydrogen) atoms. The van der Waals surface area contributed by atoms with Crippen LogP contribution < -0.4 is 5.73 Å². The summed E-state index contributed by atoms with van der Waals surface area (Å²) in [6, 6.07) is 14.4. The summed E-state index contributed by atoms with van der Waals surface area (Å²) in [5, 5.41) is 10.8. The van der Waals surface area contributed by atoms with Gasteiger partial charge in [-0.25, -0.2) is 0 Å². The van der Waals surface area contributed by atoms with Crippen LogP contribution in [0.2, 0.25) is 0 Å². The van der Waals surface area contributed by atoms with Gasteiger partial charge in [0.2, 0.25) is 0 Å². The van der Waals surface area contributed by atoms with Crippen LogP contribution in [0.25, 0.3) is 0 Å². The second-order valence-electron chi connectivity index (χ2n) is 4.14. The third kappa shape index (κ3) is 3.77. The van der Waals surface area contributed by atoms with Gasteiger partial charge in [0.1, 0.15) is 5.84 Å². The molecule has 0 aliphatic heterocycles. The third-order valence-electron chi connectivity index (χ3n) is 2.66. The number of hydrogen-bond acceptors (Lipinski definition) is 3. The molecule has 0 bridgehead atoms. The summed E-state index contributed by atoms with van der Waals surface area (Å²) in [6.07, 6.45) is 0. The lowest BCUT2D eigenvalue weighted by molar-refractivity contribution is -0.385. The monoisotopic (exact) mass is 381 g/mol. The first-order valence-corrected chi connectivity index (χ1v) is 6.93. The Hall–Kier alpha value is -1.96. The summed E-state index contributed by atoms with van der Waals surface area (Å²) >= 11 is 2.02. The van der Waals surface area contributed by atoms with Crippen molar-refractivity contribution in [1.29, 1.82) is 0 Å². The Bertz CT molecular complexity index is 657. The number of rotatable bonds is 4. The lowest BCUT2D eigenvalue weighted by Gasteiger charge is -2.03. The molecule has 0 aliphatic carbocycles. The number of nitro groups is 1. The van der Waals surface area contributed by atoms with Crippen LogP contribution >= 0.6 is 22.6 Å². The Balaban J connectivity index is 2.24. The Morgan fingerprint density at radius 2 is 1.95 bits per heavy atom. The van der Waals surface area contributed by atoms with E-state index in [1.54, 1.807) is 6.07 Å². The molecule has 6 heteroatoms. The Kier molecular flexibility index (Phi) is 4.67. The van der Waals surface area contributed by atoms with Crippen LogP contribution in [0.15, 0.2) is 53.5 Å². The maximum Gasteiger partial charge on any atom is 0.271 e. The molecule has 0 heterocycles. The molecule has 0 radical (unpaired) electrons. The second kappa shape index (κ2) is 6.47. The van der Waals surface area contributed by atoms with Gasteiger partial charge in [-0.05, 0) is 34.2 Å². The first-order chi connectivity index (χ1) is 9.56. The summed E-state index contributed by atoms with van der Waals surface area (Å²) in [5.41, 5.74) is 7.53. The minimum atomic E-state index is -0.434. The highest BCUT2D eigenvalue weighted by Crippen LogP contribution is 2.18. The summed E-state index contributed by atoms with van der Waals surface area (Å²) in [6.45, 7) is 0.450. The van der Waals surface area contributed by atoms with Crippen molar-refractivity contribution in [3.8, 4) is 0 Å². The minimum Gasteiger partial charge on any atom is -0.383 e. The highest BCUT2D eigenvalue weighted by molar-refractivity contribution is 14.1. The van der Waals surface area contributed by atoms with Gasteiger partial charge in [0.15, 0.2) is 0 Å². The lowest BCUT2D eigenvalue weighted by Crippen LogP contribution is -2.14. The van der Waals surface area contributed by atoms with E-state index in [-0.39, 0.29) is 5.69 Å². The molecule has 5 nitrogen and oxygen atoms in total. The lowest BCUT2D eigenvalue weighted by atomic mass is 10.2. The summed E-state index contributed by atoms with van der Waals surface area (Å²) in [5.74, 6) is 0.301. The van der Waals surface area contributed by atoms with Gasteiger partial charge in [0.05, 0.1) is 11.5 Å². The van der Waals surface area contributed by atoms with Crippen molar-refractivity contribution in [2.75, 3.05) is 0 Å². The van der Waals surface area contributed by atoms with E-state index in [0.717, 1.165) is 9.13 Å². The Morgan fingerprint density at radius 3 is 2.60 bits per heavy atom. The standard InChI is InChI=1S/C14H12IN3O2/c15-12-6-11(7-13(8-12)18(19)20)14(16)17-9-10-4-2-1-3-5-10/h1-8H,9H2,(H2,16,17). The number of benzene rings is 2. The normalized spacial score (nSPS) is 11.3. The van der Waals surface area contributed by atoms with Crippen LogP contribution in [0.3, 0.4) is 0 Å². The van der Waals surface area contributed by atoms with Crippen LogP contribution in [-0.4, -0.2) is 10.8 Å². The number of aliphatic imine (C=N–C) groups is 1. The molecule has 0 amide bonds. The van der Waals surface area contributed by atoms with Gasteiger partial charge >= 0.3 is 0 Å². The summed E-state index contributed by atoms with van der Waals surface area (Å²) < 4.78 is 0.754. The van der Waals surface area contributed by atoms with E-state index in [9.17, 15) is 10.1 Å². The molecular weight excluding hydrogens is 369 g/mol. The van der Waals surface area contributed by atoms with Crippen molar-refractivity contribution < 1.29 is 4.92 Å². The molecule has 2 rings (SSSR count). The predicted octanol–water partition coefficient (Wildman–Crippen LogP) is 3.10. The number of non-ortho nitro benzene ring substituents is 1. The topological polar surface area (TPSA) is 81.5 Å². The molecule has 0 atom stereocenters. The van der Waals surface area contributed by atoms with E-state index in [1.807, 2.05) is 52.9 Å². The van der Waals surface area contributed by atoms with Crippen molar-refractivity contribution in [2.45, 2.75) is 6.54 Å². The number of nitrogens with zero attached hydrogens (tertiary/aromatic N) is 2. The molecule has 0 unspecified atom stereocenters. The number of halogens is 1. The fourth-order valence-corrected chi connectivity index (χ4v) is 2.33. The molecule has 0 saturated heterocycles. The van der Waals surface area contributed by atoms with E-state index in [1.165, 1.54) is 12.1 Å². The van der Waals surface area contributed by atoms with Gasteiger partial charge in [-0.1, -0.05) is 30.3 Å². The van der Waals surface area contributed by atoms with Crippen molar-refractivity contribution in [2.24, 2.45) is 10.7 Å².